The molecule has 2 amide bonds. The standard InChI is InChI=1S/C24H20N4O3S/c29-22(14-18-16-32-24(26-18)20-11-6-7-13-25-20)27-28-23(30)15-31-21-12-5-4-10-19(21)17-8-2-1-3-9-17/h1-13,16H,14-15H2,(H,27,29)(H,28,30). The maximum atomic E-state index is 12.2. The van der Waals surface area contributed by atoms with E-state index in [1.165, 1.54) is 11.3 Å². The van der Waals surface area contributed by atoms with Crippen molar-refractivity contribution >= 4 is 23.2 Å². The number of thiazole rings is 1. The molecule has 0 fully saturated rings. The van der Waals surface area contributed by atoms with Crippen LogP contribution >= 0.6 is 11.3 Å². The number of hydrogen-bond donors (Lipinski definition) is 2. The first-order chi connectivity index (χ1) is 15.7. The number of aromatic nitrogens is 2. The number of para-hydroxylation sites is 1. The van der Waals surface area contributed by atoms with Crippen LogP contribution < -0.4 is 15.6 Å². The first kappa shape index (κ1) is 21.2. The molecule has 0 bridgehead atoms. The van der Waals surface area contributed by atoms with Gasteiger partial charge in [-0.1, -0.05) is 54.6 Å². The van der Waals surface area contributed by atoms with Crippen LogP contribution in [0.15, 0.2) is 84.4 Å². The van der Waals surface area contributed by atoms with Gasteiger partial charge in [0.2, 0.25) is 5.91 Å². The smallest absolute Gasteiger partial charge is 0.276 e. The molecule has 0 aliphatic rings. The molecule has 2 aromatic heterocycles. The Morgan fingerprint density at radius 1 is 0.875 bits per heavy atom. The molecular weight excluding hydrogens is 424 g/mol. The number of rotatable bonds is 7. The Hall–Kier alpha value is -4.04. The normalized spacial score (nSPS) is 10.4. The summed E-state index contributed by atoms with van der Waals surface area (Å²) >= 11 is 1.41. The number of carbonyl (C=O) groups excluding carboxylic acids is 2. The Labute approximate surface area is 189 Å². The number of hydrogen-bond acceptors (Lipinski definition) is 6. The molecule has 0 unspecified atom stereocenters. The zero-order valence-corrected chi connectivity index (χ0v) is 17.8. The summed E-state index contributed by atoms with van der Waals surface area (Å²) in [6.07, 6.45) is 1.74. The number of amides is 2. The minimum atomic E-state index is -0.464. The lowest BCUT2D eigenvalue weighted by Crippen LogP contribution is -2.44. The van der Waals surface area contributed by atoms with Gasteiger partial charge >= 0.3 is 0 Å². The molecule has 0 spiro atoms. The summed E-state index contributed by atoms with van der Waals surface area (Å²) in [5.74, 6) is -0.251. The fourth-order valence-electron chi connectivity index (χ4n) is 2.97. The summed E-state index contributed by atoms with van der Waals surface area (Å²) in [7, 11) is 0. The summed E-state index contributed by atoms with van der Waals surface area (Å²) in [5.41, 5.74) is 8.00. The van der Waals surface area contributed by atoms with Crippen LogP contribution in [0.3, 0.4) is 0 Å². The quantitative estimate of drug-likeness (QED) is 0.425. The van der Waals surface area contributed by atoms with E-state index in [-0.39, 0.29) is 18.9 Å². The molecular formula is C24H20N4O3S. The fraction of sp³-hybridized carbons (Fsp3) is 0.0833. The number of carbonyl (C=O) groups is 2. The van der Waals surface area contributed by atoms with E-state index in [1.807, 2.05) is 66.7 Å². The highest BCUT2D eigenvalue weighted by atomic mass is 32.1. The van der Waals surface area contributed by atoms with Gasteiger partial charge in [-0.05, 0) is 23.8 Å². The Morgan fingerprint density at radius 2 is 1.62 bits per heavy atom. The molecule has 0 aliphatic heterocycles. The van der Waals surface area contributed by atoms with Crippen LogP contribution in [0.5, 0.6) is 5.75 Å². The van der Waals surface area contributed by atoms with Crippen molar-refractivity contribution < 1.29 is 14.3 Å². The van der Waals surface area contributed by atoms with Crippen molar-refractivity contribution in [1.82, 2.24) is 20.8 Å². The van der Waals surface area contributed by atoms with Crippen molar-refractivity contribution in [3.63, 3.8) is 0 Å². The number of hydrazine groups is 1. The first-order valence-electron chi connectivity index (χ1n) is 9.90. The molecule has 7 nitrogen and oxygen atoms in total. The molecule has 2 heterocycles. The molecule has 0 saturated carbocycles. The van der Waals surface area contributed by atoms with Crippen LogP contribution in [0.1, 0.15) is 5.69 Å². The van der Waals surface area contributed by atoms with Gasteiger partial charge in [-0.2, -0.15) is 0 Å². The Bertz CT molecular complexity index is 1200. The van der Waals surface area contributed by atoms with Crippen LogP contribution in [0.25, 0.3) is 21.8 Å². The monoisotopic (exact) mass is 444 g/mol. The third kappa shape index (κ3) is 5.55. The number of nitrogens with one attached hydrogen (secondary N) is 2. The van der Waals surface area contributed by atoms with Gasteiger partial charge in [-0.25, -0.2) is 4.98 Å². The van der Waals surface area contributed by atoms with Crippen molar-refractivity contribution in [2.75, 3.05) is 6.61 Å². The lowest BCUT2D eigenvalue weighted by atomic mass is 10.1. The van der Waals surface area contributed by atoms with Crippen LogP contribution in [-0.4, -0.2) is 28.4 Å². The summed E-state index contributed by atoms with van der Waals surface area (Å²) in [6, 6.07) is 22.8. The van der Waals surface area contributed by atoms with E-state index in [0.717, 1.165) is 21.8 Å². The van der Waals surface area contributed by atoms with Gasteiger partial charge in [0.15, 0.2) is 6.61 Å². The Morgan fingerprint density at radius 3 is 2.44 bits per heavy atom. The second-order valence-electron chi connectivity index (χ2n) is 6.78. The minimum Gasteiger partial charge on any atom is -0.483 e. The van der Waals surface area contributed by atoms with Gasteiger partial charge in [-0.15, -0.1) is 11.3 Å². The third-order valence-corrected chi connectivity index (χ3v) is 5.36. The first-order valence-corrected chi connectivity index (χ1v) is 10.8. The van der Waals surface area contributed by atoms with Crippen molar-refractivity contribution in [1.29, 1.82) is 0 Å². The maximum absolute atomic E-state index is 12.2. The van der Waals surface area contributed by atoms with E-state index in [2.05, 4.69) is 20.8 Å². The highest BCUT2D eigenvalue weighted by molar-refractivity contribution is 7.13. The predicted molar refractivity (Wildman–Crippen MR) is 123 cm³/mol. The van der Waals surface area contributed by atoms with E-state index in [1.54, 1.807) is 17.6 Å². The molecule has 4 aromatic rings. The molecule has 8 heteroatoms. The second kappa shape index (κ2) is 10.3. The molecule has 32 heavy (non-hydrogen) atoms. The summed E-state index contributed by atoms with van der Waals surface area (Å²) in [4.78, 5) is 33.0. The van der Waals surface area contributed by atoms with Gasteiger partial charge < -0.3 is 4.74 Å². The van der Waals surface area contributed by atoms with Crippen LogP contribution in [-0.2, 0) is 16.0 Å². The molecule has 160 valence electrons. The summed E-state index contributed by atoms with van der Waals surface area (Å²) < 4.78 is 5.68. The van der Waals surface area contributed by atoms with E-state index in [9.17, 15) is 9.59 Å². The summed E-state index contributed by atoms with van der Waals surface area (Å²) in [5, 5.41) is 2.54. The average Bonchev–Trinajstić information content (AvgIpc) is 3.31. The number of ether oxygens (including phenoxy) is 1. The Balaban J connectivity index is 1.26. The SMILES string of the molecule is O=C(COc1ccccc1-c1ccccc1)NNC(=O)Cc1csc(-c2ccccn2)n1. The fourth-order valence-corrected chi connectivity index (χ4v) is 3.77. The number of pyridine rings is 1. The molecule has 0 saturated heterocycles. The lowest BCUT2D eigenvalue weighted by Gasteiger charge is -2.12. The average molecular weight is 445 g/mol. The second-order valence-corrected chi connectivity index (χ2v) is 7.64. The van der Waals surface area contributed by atoms with Gasteiger partial charge in [0, 0.05) is 17.1 Å². The Kier molecular flexibility index (Phi) is 6.84. The molecule has 0 aliphatic carbocycles. The summed E-state index contributed by atoms with van der Waals surface area (Å²) in [6.45, 7) is -0.231. The van der Waals surface area contributed by atoms with E-state index >= 15 is 0 Å². The third-order valence-electron chi connectivity index (χ3n) is 4.45. The van der Waals surface area contributed by atoms with E-state index < -0.39 is 5.91 Å². The zero-order chi connectivity index (χ0) is 22.2. The molecule has 4 rings (SSSR count). The van der Waals surface area contributed by atoms with Gasteiger partial charge in [-0.3, -0.25) is 25.4 Å². The van der Waals surface area contributed by atoms with Gasteiger partial charge in [0.1, 0.15) is 10.8 Å². The number of nitrogens with zero attached hydrogens (tertiary/aromatic N) is 2. The van der Waals surface area contributed by atoms with Gasteiger partial charge in [0.25, 0.3) is 5.91 Å². The van der Waals surface area contributed by atoms with Crippen LogP contribution in [0, 0.1) is 0 Å². The van der Waals surface area contributed by atoms with Crippen LogP contribution in [0.2, 0.25) is 0 Å². The molecule has 2 N–H and O–H groups in total. The molecule has 0 atom stereocenters. The zero-order valence-electron chi connectivity index (χ0n) is 17.0. The van der Waals surface area contributed by atoms with E-state index in [4.69, 9.17) is 4.74 Å². The highest BCUT2D eigenvalue weighted by Gasteiger charge is 2.12. The number of benzene rings is 2. The van der Waals surface area contributed by atoms with Crippen molar-refractivity contribution in [2.24, 2.45) is 0 Å². The molecule has 0 radical (unpaired) electrons. The topological polar surface area (TPSA) is 93.2 Å². The highest BCUT2D eigenvalue weighted by Crippen LogP contribution is 2.29. The lowest BCUT2D eigenvalue weighted by molar-refractivity contribution is -0.129. The van der Waals surface area contributed by atoms with Crippen molar-refractivity contribution in [3.05, 3.63) is 90.1 Å². The van der Waals surface area contributed by atoms with Gasteiger partial charge in [0.05, 0.1) is 17.8 Å². The van der Waals surface area contributed by atoms with E-state index in [0.29, 0.717) is 11.4 Å². The molecule has 2 aromatic carbocycles. The van der Waals surface area contributed by atoms with Crippen molar-refractivity contribution in [2.45, 2.75) is 6.42 Å². The van der Waals surface area contributed by atoms with Crippen LogP contribution in [0.4, 0.5) is 0 Å². The van der Waals surface area contributed by atoms with Crippen molar-refractivity contribution in [3.8, 4) is 27.6 Å². The largest absolute Gasteiger partial charge is 0.483 e. The predicted octanol–water partition coefficient (Wildman–Crippen LogP) is 3.64. The maximum Gasteiger partial charge on any atom is 0.276 e. The minimum absolute atomic E-state index is 0.0430.